The van der Waals surface area contributed by atoms with Gasteiger partial charge in [0.15, 0.2) is 0 Å². The molecule has 0 aromatic carbocycles. The van der Waals surface area contributed by atoms with E-state index < -0.39 is 9.84 Å². The predicted octanol–water partition coefficient (Wildman–Crippen LogP) is 1.45. The van der Waals surface area contributed by atoms with Gasteiger partial charge in [0.25, 0.3) is 0 Å². The van der Waals surface area contributed by atoms with Crippen LogP contribution in [0.25, 0.3) is 0 Å². The molecule has 0 radical (unpaired) electrons. The van der Waals surface area contributed by atoms with E-state index in [1.54, 1.807) is 6.20 Å². The number of pyridine rings is 1. The first-order valence-electron chi connectivity index (χ1n) is 7.55. The Kier molecular flexibility index (Phi) is 5.72. The molecule has 1 aliphatic rings. The minimum absolute atomic E-state index is 0.150. The molecular formula is C15H25N3O2S. The third-order valence-electron chi connectivity index (χ3n) is 4.49. The van der Waals surface area contributed by atoms with Crippen LogP contribution in [0.3, 0.4) is 0 Å². The van der Waals surface area contributed by atoms with Crippen molar-refractivity contribution >= 4 is 9.84 Å². The van der Waals surface area contributed by atoms with Crippen LogP contribution >= 0.6 is 0 Å². The van der Waals surface area contributed by atoms with Gasteiger partial charge in [-0.3, -0.25) is 16.3 Å². The monoisotopic (exact) mass is 311 g/mol. The quantitative estimate of drug-likeness (QED) is 0.613. The van der Waals surface area contributed by atoms with E-state index in [2.05, 4.69) is 10.4 Å². The van der Waals surface area contributed by atoms with Gasteiger partial charge in [-0.25, -0.2) is 8.42 Å². The van der Waals surface area contributed by atoms with Crippen LogP contribution in [0.5, 0.6) is 0 Å². The standard InChI is InChI=1S/C15H25N3O2S/c1-21(19,20)14-7-4-5-12(11-14)15(18-16)9-8-13-6-2-3-10-17-13/h2-3,6,10,12,14-15,18H,4-5,7-9,11,16H2,1H3. The highest BCUT2D eigenvalue weighted by atomic mass is 32.2. The third-order valence-corrected chi connectivity index (χ3v) is 6.13. The summed E-state index contributed by atoms with van der Waals surface area (Å²) in [5.41, 5.74) is 3.94. The molecule has 0 amide bonds. The maximum atomic E-state index is 11.8. The van der Waals surface area contributed by atoms with Gasteiger partial charge in [0, 0.05) is 24.2 Å². The van der Waals surface area contributed by atoms with Crippen molar-refractivity contribution in [1.29, 1.82) is 0 Å². The minimum atomic E-state index is -2.95. The molecule has 2 rings (SSSR count). The van der Waals surface area contributed by atoms with Crippen molar-refractivity contribution in [2.75, 3.05) is 6.26 Å². The van der Waals surface area contributed by atoms with Gasteiger partial charge in [-0.2, -0.15) is 0 Å². The molecule has 0 bridgehead atoms. The molecule has 1 heterocycles. The van der Waals surface area contributed by atoms with E-state index in [9.17, 15) is 8.42 Å². The summed E-state index contributed by atoms with van der Waals surface area (Å²) in [7, 11) is -2.95. The van der Waals surface area contributed by atoms with Crippen molar-refractivity contribution in [3.8, 4) is 0 Å². The Hall–Kier alpha value is -0.980. The molecule has 6 heteroatoms. The Balaban J connectivity index is 1.94. The summed E-state index contributed by atoms with van der Waals surface area (Å²) in [6, 6.07) is 6.04. The second kappa shape index (κ2) is 7.33. The largest absolute Gasteiger partial charge is 0.271 e. The van der Waals surface area contributed by atoms with Crippen LogP contribution < -0.4 is 11.3 Å². The van der Waals surface area contributed by atoms with Crippen LogP contribution in [0.1, 0.15) is 37.8 Å². The van der Waals surface area contributed by atoms with Crippen LogP contribution in [0.4, 0.5) is 0 Å². The molecule has 1 aliphatic carbocycles. The van der Waals surface area contributed by atoms with Gasteiger partial charge in [-0.15, -0.1) is 0 Å². The molecule has 3 atom stereocenters. The molecule has 21 heavy (non-hydrogen) atoms. The van der Waals surface area contributed by atoms with E-state index in [0.29, 0.717) is 5.92 Å². The Labute approximate surface area is 127 Å². The zero-order chi connectivity index (χ0) is 15.3. The number of hydrazine groups is 1. The summed E-state index contributed by atoms with van der Waals surface area (Å²) < 4.78 is 23.5. The molecule has 5 nitrogen and oxygen atoms in total. The fourth-order valence-corrected chi connectivity index (χ4v) is 4.43. The summed E-state index contributed by atoms with van der Waals surface area (Å²) in [5.74, 6) is 6.03. The lowest BCUT2D eigenvalue weighted by atomic mass is 9.82. The van der Waals surface area contributed by atoms with Gasteiger partial charge in [-0.1, -0.05) is 12.5 Å². The van der Waals surface area contributed by atoms with Crippen molar-refractivity contribution in [3.63, 3.8) is 0 Å². The van der Waals surface area contributed by atoms with Crippen LogP contribution in [-0.2, 0) is 16.3 Å². The lowest BCUT2D eigenvalue weighted by Crippen LogP contribution is -2.44. The molecule has 1 aromatic rings. The van der Waals surface area contributed by atoms with Gasteiger partial charge < -0.3 is 0 Å². The first-order valence-corrected chi connectivity index (χ1v) is 9.51. The van der Waals surface area contributed by atoms with Gasteiger partial charge in [-0.05, 0) is 50.2 Å². The normalized spacial score (nSPS) is 24.7. The van der Waals surface area contributed by atoms with Gasteiger partial charge in [0.2, 0.25) is 0 Å². The fraction of sp³-hybridized carbons (Fsp3) is 0.667. The number of sulfone groups is 1. The summed E-state index contributed by atoms with van der Waals surface area (Å²) in [4.78, 5) is 4.32. The van der Waals surface area contributed by atoms with Crippen molar-refractivity contribution in [1.82, 2.24) is 10.4 Å². The first-order chi connectivity index (χ1) is 10.0. The minimum Gasteiger partial charge on any atom is -0.271 e. The number of hydrogen-bond donors (Lipinski definition) is 2. The Morgan fingerprint density at radius 3 is 2.86 bits per heavy atom. The van der Waals surface area contributed by atoms with E-state index in [1.165, 1.54) is 6.26 Å². The molecule has 1 fully saturated rings. The Bertz CT molecular complexity index is 533. The van der Waals surface area contributed by atoms with E-state index in [0.717, 1.165) is 44.2 Å². The fourth-order valence-electron chi connectivity index (χ4n) is 3.24. The molecule has 1 saturated carbocycles. The SMILES string of the molecule is CS(=O)(=O)C1CCCC(C(CCc2ccccn2)NN)C1. The van der Waals surface area contributed by atoms with Crippen molar-refractivity contribution in [2.45, 2.75) is 49.8 Å². The maximum absolute atomic E-state index is 11.8. The second-order valence-electron chi connectivity index (χ2n) is 6.01. The molecular weight excluding hydrogens is 286 g/mol. The molecule has 3 N–H and O–H groups in total. The molecule has 0 spiro atoms. The zero-order valence-corrected chi connectivity index (χ0v) is 13.3. The van der Waals surface area contributed by atoms with E-state index in [1.807, 2.05) is 18.2 Å². The zero-order valence-electron chi connectivity index (χ0n) is 12.5. The average molecular weight is 311 g/mol. The molecule has 0 saturated heterocycles. The van der Waals surface area contributed by atoms with Crippen molar-refractivity contribution < 1.29 is 8.42 Å². The smallest absolute Gasteiger partial charge is 0.150 e. The molecule has 3 unspecified atom stereocenters. The first kappa shape index (κ1) is 16.4. The van der Waals surface area contributed by atoms with Crippen molar-refractivity contribution in [2.24, 2.45) is 11.8 Å². The number of nitrogens with one attached hydrogen (secondary N) is 1. The van der Waals surface area contributed by atoms with Crippen LogP contribution in [0.2, 0.25) is 0 Å². The number of aromatic nitrogens is 1. The number of rotatable bonds is 6. The number of hydrogen-bond acceptors (Lipinski definition) is 5. The van der Waals surface area contributed by atoms with E-state index in [-0.39, 0.29) is 11.3 Å². The molecule has 1 aromatic heterocycles. The average Bonchev–Trinajstić information content (AvgIpc) is 2.48. The summed E-state index contributed by atoms with van der Waals surface area (Å²) >= 11 is 0. The summed E-state index contributed by atoms with van der Waals surface area (Å²) in [6.45, 7) is 0. The summed E-state index contributed by atoms with van der Waals surface area (Å²) in [6.07, 6.45) is 8.39. The van der Waals surface area contributed by atoms with Crippen LogP contribution in [-0.4, -0.2) is 30.9 Å². The lowest BCUT2D eigenvalue weighted by Gasteiger charge is -2.33. The van der Waals surface area contributed by atoms with E-state index in [4.69, 9.17) is 5.84 Å². The van der Waals surface area contributed by atoms with Crippen LogP contribution in [0, 0.1) is 5.92 Å². The Morgan fingerprint density at radius 2 is 2.24 bits per heavy atom. The lowest BCUT2D eigenvalue weighted by molar-refractivity contribution is 0.260. The number of aryl methyl sites for hydroxylation is 1. The van der Waals surface area contributed by atoms with Crippen molar-refractivity contribution in [3.05, 3.63) is 30.1 Å². The van der Waals surface area contributed by atoms with Gasteiger partial charge in [0.1, 0.15) is 9.84 Å². The topological polar surface area (TPSA) is 85.1 Å². The predicted molar refractivity (Wildman–Crippen MR) is 84.3 cm³/mol. The van der Waals surface area contributed by atoms with Gasteiger partial charge >= 0.3 is 0 Å². The van der Waals surface area contributed by atoms with Gasteiger partial charge in [0.05, 0.1) is 5.25 Å². The highest BCUT2D eigenvalue weighted by molar-refractivity contribution is 7.91. The number of nitrogens with two attached hydrogens (primary N) is 1. The Morgan fingerprint density at radius 1 is 1.43 bits per heavy atom. The third kappa shape index (κ3) is 4.76. The maximum Gasteiger partial charge on any atom is 0.150 e. The highest BCUT2D eigenvalue weighted by Gasteiger charge is 2.32. The highest BCUT2D eigenvalue weighted by Crippen LogP contribution is 2.31. The summed E-state index contributed by atoms with van der Waals surface area (Å²) in [5, 5.41) is -0.207. The number of nitrogens with zero attached hydrogens (tertiary/aromatic N) is 1. The second-order valence-corrected chi connectivity index (χ2v) is 8.34. The molecule has 118 valence electrons. The molecule has 0 aliphatic heterocycles. The van der Waals surface area contributed by atoms with Crippen LogP contribution in [0.15, 0.2) is 24.4 Å². The van der Waals surface area contributed by atoms with E-state index >= 15 is 0 Å².